The molecule has 1 aromatic carbocycles. The molecule has 0 spiro atoms. The number of rotatable bonds is 8. The van der Waals surface area contributed by atoms with Gasteiger partial charge in [0.15, 0.2) is 0 Å². The Hall–Kier alpha value is -3.09. The topological polar surface area (TPSA) is 73.6 Å². The minimum atomic E-state index is -0.406. The molecule has 1 unspecified atom stereocenters. The van der Waals surface area contributed by atoms with Gasteiger partial charge in [-0.1, -0.05) is 0 Å². The van der Waals surface area contributed by atoms with Gasteiger partial charge < -0.3 is 19.2 Å². The van der Waals surface area contributed by atoms with Crippen molar-refractivity contribution in [2.24, 2.45) is 5.92 Å². The van der Waals surface area contributed by atoms with Crippen molar-refractivity contribution in [2.75, 3.05) is 6.61 Å². The molecule has 29 heavy (non-hydrogen) atoms. The highest BCUT2D eigenvalue weighted by Gasteiger charge is 2.22. The zero-order valence-electron chi connectivity index (χ0n) is 16.4. The maximum Gasteiger partial charge on any atom is 0.217 e. The monoisotopic (exact) mass is 398 g/mol. The Balaban J connectivity index is 1.41. The average molecular weight is 398 g/mol. The molecule has 7 heteroatoms. The fourth-order valence-electron chi connectivity index (χ4n) is 3.11. The van der Waals surface area contributed by atoms with E-state index in [1.165, 1.54) is 32.0 Å². The number of hydrogen-bond acceptors (Lipinski definition) is 5. The predicted octanol–water partition coefficient (Wildman–Crippen LogP) is 4.53. The lowest BCUT2D eigenvalue weighted by Crippen LogP contribution is -2.23. The van der Waals surface area contributed by atoms with Crippen LogP contribution in [0.4, 0.5) is 4.39 Å². The Bertz CT molecular complexity index is 1030. The lowest BCUT2D eigenvalue weighted by atomic mass is 10.1. The van der Waals surface area contributed by atoms with E-state index in [1.54, 1.807) is 18.4 Å². The van der Waals surface area contributed by atoms with Crippen molar-refractivity contribution < 1.29 is 23.1 Å². The molecule has 1 fully saturated rings. The number of nitrogens with one attached hydrogen (secondary N) is 1. The molecule has 2 heterocycles. The summed E-state index contributed by atoms with van der Waals surface area (Å²) in [5, 5.41) is 3.73. The van der Waals surface area contributed by atoms with Gasteiger partial charge in [-0.2, -0.15) is 0 Å². The molecule has 1 aliphatic carbocycles. The van der Waals surface area contributed by atoms with Crippen molar-refractivity contribution in [2.45, 2.75) is 39.3 Å². The first-order valence-electron chi connectivity index (χ1n) is 9.68. The van der Waals surface area contributed by atoms with Crippen molar-refractivity contribution in [3.8, 4) is 11.6 Å². The van der Waals surface area contributed by atoms with Crippen molar-refractivity contribution in [3.05, 3.63) is 53.7 Å². The zero-order valence-corrected chi connectivity index (χ0v) is 16.4. The van der Waals surface area contributed by atoms with Gasteiger partial charge in [-0.3, -0.25) is 4.79 Å². The van der Waals surface area contributed by atoms with E-state index in [2.05, 4.69) is 10.3 Å². The van der Waals surface area contributed by atoms with E-state index in [1.807, 2.05) is 13.0 Å². The molecule has 1 amide bonds. The highest BCUT2D eigenvalue weighted by Crippen LogP contribution is 2.31. The van der Waals surface area contributed by atoms with E-state index >= 15 is 0 Å². The number of fused-ring (bicyclic) bond motifs is 1. The SMILES string of the molecule is CC(=O)NC(C)c1coc2cc(OCc3cnc(OCC4CC4)cc3F)ccc12. The van der Waals surface area contributed by atoms with Crippen LogP contribution in [0.25, 0.3) is 11.0 Å². The third kappa shape index (κ3) is 4.67. The molecule has 1 atom stereocenters. The van der Waals surface area contributed by atoms with Gasteiger partial charge in [0.05, 0.1) is 18.9 Å². The van der Waals surface area contributed by atoms with E-state index in [0.29, 0.717) is 35.3 Å². The Morgan fingerprint density at radius 2 is 2.17 bits per heavy atom. The van der Waals surface area contributed by atoms with Gasteiger partial charge in [-0.05, 0) is 37.8 Å². The number of carbonyl (C=O) groups excluding carboxylic acids is 1. The summed E-state index contributed by atoms with van der Waals surface area (Å²) >= 11 is 0. The molecule has 0 radical (unpaired) electrons. The van der Waals surface area contributed by atoms with Gasteiger partial charge in [-0.15, -0.1) is 0 Å². The van der Waals surface area contributed by atoms with Gasteiger partial charge in [0.25, 0.3) is 0 Å². The molecule has 0 bridgehead atoms. The Morgan fingerprint density at radius 1 is 1.34 bits per heavy atom. The van der Waals surface area contributed by atoms with Crippen molar-refractivity contribution in [1.82, 2.24) is 10.3 Å². The third-order valence-electron chi connectivity index (χ3n) is 4.93. The number of nitrogens with zero attached hydrogens (tertiary/aromatic N) is 1. The number of carbonyl (C=O) groups is 1. The summed E-state index contributed by atoms with van der Waals surface area (Å²) in [6, 6.07) is 6.54. The van der Waals surface area contributed by atoms with E-state index in [0.717, 1.165) is 10.9 Å². The number of furan rings is 1. The maximum atomic E-state index is 14.3. The largest absolute Gasteiger partial charge is 0.489 e. The van der Waals surface area contributed by atoms with Crippen LogP contribution in [0.3, 0.4) is 0 Å². The number of halogens is 1. The van der Waals surface area contributed by atoms with E-state index < -0.39 is 5.82 Å². The normalized spacial score (nSPS) is 14.6. The molecular formula is C22H23FN2O4. The lowest BCUT2D eigenvalue weighted by Gasteiger charge is -2.11. The van der Waals surface area contributed by atoms with Crippen LogP contribution in [0, 0.1) is 11.7 Å². The van der Waals surface area contributed by atoms with E-state index in [9.17, 15) is 9.18 Å². The first-order valence-corrected chi connectivity index (χ1v) is 9.68. The third-order valence-corrected chi connectivity index (χ3v) is 4.93. The molecule has 2 aromatic heterocycles. The lowest BCUT2D eigenvalue weighted by molar-refractivity contribution is -0.119. The molecule has 1 saturated carbocycles. The fourth-order valence-corrected chi connectivity index (χ4v) is 3.11. The number of hydrogen-bond donors (Lipinski definition) is 1. The number of pyridine rings is 1. The molecule has 152 valence electrons. The molecule has 0 aliphatic heterocycles. The minimum absolute atomic E-state index is 0.0447. The summed E-state index contributed by atoms with van der Waals surface area (Å²) in [5.74, 6) is 0.929. The summed E-state index contributed by atoms with van der Waals surface area (Å²) in [5.41, 5.74) is 1.87. The van der Waals surface area contributed by atoms with Gasteiger partial charge >= 0.3 is 0 Å². The molecular weight excluding hydrogens is 375 g/mol. The van der Waals surface area contributed by atoms with Gasteiger partial charge in [0.2, 0.25) is 11.8 Å². The standard InChI is InChI=1S/C22H23FN2O4/c1-13(25-14(2)26)19-12-28-21-7-17(5-6-18(19)21)27-11-16-9-24-22(8-20(16)23)29-10-15-3-4-15/h5-9,12-13,15H,3-4,10-11H2,1-2H3,(H,25,26). The second-order valence-electron chi connectivity index (χ2n) is 7.43. The maximum absolute atomic E-state index is 14.3. The van der Waals surface area contributed by atoms with Crippen LogP contribution < -0.4 is 14.8 Å². The molecule has 1 aliphatic rings. The quantitative estimate of drug-likeness (QED) is 0.603. The molecule has 4 rings (SSSR count). The van der Waals surface area contributed by atoms with Crippen LogP contribution in [-0.2, 0) is 11.4 Å². The predicted molar refractivity (Wildman–Crippen MR) is 105 cm³/mol. The zero-order chi connectivity index (χ0) is 20.4. The summed E-state index contributed by atoms with van der Waals surface area (Å²) in [6.07, 6.45) is 5.40. The Morgan fingerprint density at radius 3 is 2.90 bits per heavy atom. The van der Waals surface area contributed by atoms with Crippen LogP contribution in [0.5, 0.6) is 11.6 Å². The summed E-state index contributed by atoms with van der Waals surface area (Å²) < 4.78 is 31.1. The second-order valence-corrected chi connectivity index (χ2v) is 7.43. The first kappa shape index (κ1) is 19.2. The highest BCUT2D eigenvalue weighted by molar-refractivity contribution is 5.83. The van der Waals surface area contributed by atoms with E-state index in [-0.39, 0.29) is 18.6 Å². The van der Waals surface area contributed by atoms with Crippen LogP contribution in [0.2, 0.25) is 0 Å². The van der Waals surface area contributed by atoms with Crippen molar-refractivity contribution in [1.29, 1.82) is 0 Å². The highest BCUT2D eigenvalue weighted by atomic mass is 19.1. The van der Waals surface area contributed by atoms with Crippen LogP contribution >= 0.6 is 0 Å². The average Bonchev–Trinajstić information content (AvgIpc) is 3.42. The molecule has 3 aromatic rings. The number of benzene rings is 1. The van der Waals surface area contributed by atoms with Crippen LogP contribution in [0.1, 0.15) is 43.9 Å². The van der Waals surface area contributed by atoms with Crippen molar-refractivity contribution in [3.63, 3.8) is 0 Å². The Kier molecular flexibility index (Phi) is 5.38. The van der Waals surface area contributed by atoms with Crippen LogP contribution in [-0.4, -0.2) is 17.5 Å². The molecule has 6 nitrogen and oxygen atoms in total. The summed E-state index contributed by atoms with van der Waals surface area (Å²) in [4.78, 5) is 15.4. The smallest absolute Gasteiger partial charge is 0.217 e. The van der Waals surface area contributed by atoms with Crippen molar-refractivity contribution >= 4 is 16.9 Å². The summed E-state index contributed by atoms with van der Waals surface area (Å²) in [7, 11) is 0. The summed E-state index contributed by atoms with van der Waals surface area (Å²) in [6.45, 7) is 4.01. The number of amides is 1. The fraction of sp³-hybridized carbons (Fsp3) is 0.364. The minimum Gasteiger partial charge on any atom is -0.489 e. The first-order chi connectivity index (χ1) is 14.0. The van der Waals surface area contributed by atoms with E-state index in [4.69, 9.17) is 13.9 Å². The van der Waals surface area contributed by atoms with Gasteiger partial charge in [0.1, 0.15) is 23.8 Å². The molecule has 0 saturated heterocycles. The van der Waals surface area contributed by atoms with Crippen LogP contribution in [0.15, 0.2) is 41.1 Å². The number of ether oxygens (including phenoxy) is 2. The Labute approximate surface area is 168 Å². The van der Waals surface area contributed by atoms with Gasteiger partial charge in [-0.25, -0.2) is 9.37 Å². The second kappa shape index (κ2) is 8.11. The molecule has 1 N–H and O–H groups in total. The number of aromatic nitrogens is 1. The van der Waals surface area contributed by atoms with Gasteiger partial charge in [0, 0.05) is 41.8 Å².